The normalized spacial score (nSPS) is 16.9. The maximum Gasteiger partial charge on any atom is 0.254 e. The molecular formula is C25H24FNO5S. The molecule has 0 unspecified atom stereocenters. The lowest BCUT2D eigenvalue weighted by molar-refractivity contribution is 0.0666. The zero-order valence-corrected chi connectivity index (χ0v) is 18.8. The highest BCUT2D eigenvalue weighted by Gasteiger charge is 2.35. The van der Waals surface area contributed by atoms with Crippen LogP contribution in [0.4, 0.5) is 4.39 Å². The largest absolute Gasteiger partial charge is 0.490 e. The molecule has 8 heteroatoms. The standard InChI is InChI=1S/C25H24FNO5S/c1-2-14-31-22-9-5-19(6-10-22)25(28)27(21-13-15-33(29,30)17-21)16-23-11-12-24(32-23)18-3-7-20(26)8-4-18/h2-12,21H,1,13-17H2/t21-/m1/s1. The minimum absolute atomic E-state index is 0.0504. The molecule has 1 saturated heterocycles. The quantitative estimate of drug-likeness (QED) is 0.455. The molecule has 0 spiro atoms. The van der Waals surface area contributed by atoms with Gasteiger partial charge in [0.2, 0.25) is 0 Å². The molecule has 172 valence electrons. The van der Waals surface area contributed by atoms with Gasteiger partial charge < -0.3 is 14.1 Å². The van der Waals surface area contributed by atoms with Crippen LogP contribution in [0.15, 0.2) is 77.7 Å². The Hall–Kier alpha value is -3.39. The fourth-order valence-electron chi connectivity index (χ4n) is 3.80. The Kier molecular flexibility index (Phi) is 6.65. The third kappa shape index (κ3) is 5.51. The van der Waals surface area contributed by atoms with Crippen molar-refractivity contribution in [3.05, 3.63) is 90.5 Å². The monoisotopic (exact) mass is 469 g/mol. The fraction of sp³-hybridized carbons (Fsp3) is 0.240. The van der Waals surface area contributed by atoms with E-state index in [0.717, 1.165) is 0 Å². The van der Waals surface area contributed by atoms with Gasteiger partial charge in [-0.15, -0.1) is 0 Å². The van der Waals surface area contributed by atoms with Crippen LogP contribution in [0.25, 0.3) is 11.3 Å². The maximum absolute atomic E-state index is 13.4. The molecule has 2 aromatic carbocycles. The SMILES string of the molecule is C=CCOc1ccc(C(=O)N(Cc2ccc(-c3ccc(F)cc3)o2)[C@@H]2CCS(=O)(=O)C2)cc1. The molecule has 3 aromatic rings. The maximum atomic E-state index is 13.4. The van der Waals surface area contributed by atoms with Crippen LogP contribution in [-0.4, -0.2) is 43.4 Å². The predicted octanol–water partition coefficient (Wildman–Crippen LogP) is 4.48. The minimum Gasteiger partial charge on any atom is -0.490 e. The molecule has 0 bridgehead atoms. The molecule has 1 fully saturated rings. The van der Waals surface area contributed by atoms with Gasteiger partial charge in [-0.3, -0.25) is 4.79 Å². The second-order valence-electron chi connectivity index (χ2n) is 7.89. The molecule has 1 aliphatic rings. The highest BCUT2D eigenvalue weighted by Crippen LogP contribution is 2.27. The van der Waals surface area contributed by atoms with Crippen LogP contribution in [0.2, 0.25) is 0 Å². The molecule has 6 nitrogen and oxygen atoms in total. The number of carbonyl (C=O) groups excluding carboxylic acids is 1. The Morgan fingerprint density at radius 2 is 1.85 bits per heavy atom. The van der Waals surface area contributed by atoms with E-state index in [1.54, 1.807) is 59.5 Å². The van der Waals surface area contributed by atoms with Crippen LogP contribution in [0.5, 0.6) is 5.75 Å². The van der Waals surface area contributed by atoms with Gasteiger partial charge in [-0.25, -0.2) is 12.8 Å². The van der Waals surface area contributed by atoms with Crippen molar-refractivity contribution in [3.8, 4) is 17.1 Å². The van der Waals surface area contributed by atoms with Gasteiger partial charge in [-0.05, 0) is 67.1 Å². The van der Waals surface area contributed by atoms with Crippen LogP contribution in [0.1, 0.15) is 22.5 Å². The molecule has 0 radical (unpaired) electrons. The van der Waals surface area contributed by atoms with Gasteiger partial charge in [-0.2, -0.15) is 0 Å². The Labute approximate surface area is 192 Å². The van der Waals surface area contributed by atoms with Gasteiger partial charge in [0.25, 0.3) is 5.91 Å². The van der Waals surface area contributed by atoms with E-state index in [4.69, 9.17) is 9.15 Å². The summed E-state index contributed by atoms with van der Waals surface area (Å²) in [5.41, 5.74) is 1.13. The highest BCUT2D eigenvalue weighted by molar-refractivity contribution is 7.91. The summed E-state index contributed by atoms with van der Waals surface area (Å²) in [4.78, 5) is 14.9. The molecule has 1 atom stereocenters. The summed E-state index contributed by atoms with van der Waals surface area (Å²) >= 11 is 0. The number of carbonyl (C=O) groups is 1. The lowest BCUT2D eigenvalue weighted by Crippen LogP contribution is -2.40. The van der Waals surface area contributed by atoms with Crippen molar-refractivity contribution in [2.24, 2.45) is 0 Å². The Bertz CT molecular complexity index is 1230. The summed E-state index contributed by atoms with van der Waals surface area (Å²) < 4.78 is 48.8. The van der Waals surface area contributed by atoms with Gasteiger partial charge in [0.1, 0.15) is 29.7 Å². The van der Waals surface area contributed by atoms with Crippen molar-refractivity contribution in [3.63, 3.8) is 0 Å². The number of nitrogens with zero attached hydrogens (tertiary/aromatic N) is 1. The summed E-state index contributed by atoms with van der Waals surface area (Å²) in [6, 6.07) is 15.7. The molecule has 1 amide bonds. The van der Waals surface area contributed by atoms with E-state index in [1.165, 1.54) is 12.1 Å². The summed E-state index contributed by atoms with van der Waals surface area (Å²) in [5.74, 6) is 1.01. The topological polar surface area (TPSA) is 76.8 Å². The molecule has 0 aliphatic carbocycles. The molecule has 1 aromatic heterocycles. The van der Waals surface area contributed by atoms with Crippen LogP contribution < -0.4 is 4.74 Å². The zero-order chi connectivity index (χ0) is 23.4. The van der Waals surface area contributed by atoms with Crippen LogP contribution in [-0.2, 0) is 16.4 Å². The van der Waals surface area contributed by atoms with Gasteiger partial charge in [-0.1, -0.05) is 12.7 Å². The van der Waals surface area contributed by atoms with E-state index in [1.807, 2.05) is 0 Å². The van der Waals surface area contributed by atoms with E-state index >= 15 is 0 Å². The fourth-order valence-corrected chi connectivity index (χ4v) is 5.53. The molecule has 4 rings (SSSR count). The van der Waals surface area contributed by atoms with Crippen molar-refractivity contribution in [1.29, 1.82) is 0 Å². The second-order valence-corrected chi connectivity index (χ2v) is 10.1. The minimum atomic E-state index is -3.20. The summed E-state index contributed by atoms with van der Waals surface area (Å²) in [5, 5.41) is 0. The average Bonchev–Trinajstić information content (AvgIpc) is 3.42. The van der Waals surface area contributed by atoms with Gasteiger partial charge in [0, 0.05) is 17.2 Å². The summed E-state index contributed by atoms with van der Waals surface area (Å²) in [6.45, 7) is 4.08. The van der Waals surface area contributed by atoms with Gasteiger partial charge >= 0.3 is 0 Å². The third-order valence-corrected chi connectivity index (χ3v) is 7.25. The smallest absolute Gasteiger partial charge is 0.254 e. The lowest BCUT2D eigenvalue weighted by atomic mass is 10.1. The first-order chi connectivity index (χ1) is 15.8. The number of ether oxygens (including phenoxy) is 1. The number of rotatable bonds is 8. The van der Waals surface area contributed by atoms with E-state index in [9.17, 15) is 17.6 Å². The van der Waals surface area contributed by atoms with Gasteiger partial charge in [0.15, 0.2) is 9.84 Å². The van der Waals surface area contributed by atoms with E-state index < -0.39 is 15.9 Å². The molecule has 0 N–H and O–H groups in total. The number of benzene rings is 2. The molecule has 2 heterocycles. The van der Waals surface area contributed by atoms with Crippen molar-refractivity contribution < 1.29 is 26.8 Å². The van der Waals surface area contributed by atoms with Crippen LogP contribution >= 0.6 is 0 Å². The summed E-state index contributed by atoms with van der Waals surface area (Å²) in [6.07, 6.45) is 2.00. The Morgan fingerprint density at radius 1 is 1.12 bits per heavy atom. The Balaban J connectivity index is 1.57. The van der Waals surface area contributed by atoms with Crippen molar-refractivity contribution in [1.82, 2.24) is 4.90 Å². The number of furan rings is 1. The van der Waals surface area contributed by atoms with E-state index in [2.05, 4.69) is 6.58 Å². The molecule has 1 aliphatic heterocycles. The number of amides is 1. The number of hydrogen-bond donors (Lipinski definition) is 0. The first-order valence-electron chi connectivity index (χ1n) is 10.5. The van der Waals surface area contributed by atoms with E-state index in [-0.39, 0.29) is 29.8 Å². The molecule has 0 saturated carbocycles. The Morgan fingerprint density at radius 3 is 2.48 bits per heavy atom. The first kappa shape index (κ1) is 22.8. The predicted molar refractivity (Wildman–Crippen MR) is 123 cm³/mol. The molecular weight excluding hydrogens is 445 g/mol. The van der Waals surface area contributed by atoms with Gasteiger partial charge in [0.05, 0.1) is 18.1 Å². The van der Waals surface area contributed by atoms with Crippen molar-refractivity contribution >= 4 is 15.7 Å². The molecule has 33 heavy (non-hydrogen) atoms. The second kappa shape index (κ2) is 9.62. The number of hydrogen-bond acceptors (Lipinski definition) is 5. The average molecular weight is 470 g/mol. The summed E-state index contributed by atoms with van der Waals surface area (Å²) in [7, 11) is -3.20. The van der Waals surface area contributed by atoms with Crippen molar-refractivity contribution in [2.45, 2.75) is 19.0 Å². The van der Waals surface area contributed by atoms with Crippen LogP contribution in [0.3, 0.4) is 0 Å². The lowest BCUT2D eigenvalue weighted by Gasteiger charge is -2.27. The third-order valence-electron chi connectivity index (χ3n) is 5.50. The zero-order valence-electron chi connectivity index (χ0n) is 17.9. The first-order valence-corrected chi connectivity index (χ1v) is 12.4. The van der Waals surface area contributed by atoms with Crippen LogP contribution in [0, 0.1) is 5.82 Å². The van der Waals surface area contributed by atoms with E-state index in [0.29, 0.717) is 41.4 Å². The number of sulfone groups is 1. The number of halogens is 1. The highest BCUT2D eigenvalue weighted by atomic mass is 32.2. The van der Waals surface area contributed by atoms with Crippen molar-refractivity contribution in [2.75, 3.05) is 18.1 Å².